The molecule has 0 aromatic heterocycles. The first-order valence-electron chi connectivity index (χ1n) is 3.22. The molecule has 0 amide bonds. The minimum absolute atomic E-state index is 0.0113. The van der Waals surface area contributed by atoms with Crippen LogP contribution in [0.25, 0.3) is 0 Å². The summed E-state index contributed by atoms with van der Waals surface area (Å²) in [6.07, 6.45) is -0.0463. The maximum absolute atomic E-state index is 10.3. The lowest BCUT2D eigenvalue weighted by molar-refractivity contribution is -0.142. The second-order valence-electron chi connectivity index (χ2n) is 2.20. The zero-order valence-electron chi connectivity index (χ0n) is 5.99. The Morgan fingerprint density at radius 2 is 1.91 bits per heavy atom. The van der Waals surface area contributed by atoms with Crippen LogP contribution in [0.3, 0.4) is 0 Å². The zero-order valence-corrected chi connectivity index (χ0v) is 5.99. The van der Waals surface area contributed by atoms with E-state index >= 15 is 0 Å². The first-order valence-corrected chi connectivity index (χ1v) is 3.22. The number of carboxylic acids is 2. The molecule has 5 heteroatoms. The summed E-state index contributed by atoms with van der Waals surface area (Å²) in [7, 11) is 0. The van der Waals surface area contributed by atoms with Crippen LogP contribution in [0, 0.1) is 5.92 Å². The van der Waals surface area contributed by atoms with Crippen LogP contribution in [0.4, 0.5) is 0 Å². The molecule has 4 N–H and O–H groups in total. The highest BCUT2D eigenvalue weighted by Crippen LogP contribution is 2.04. The molecule has 0 saturated heterocycles. The molecule has 1 unspecified atom stereocenters. The van der Waals surface area contributed by atoms with E-state index < -0.39 is 17.9 Å². The topological polar surface area (TPSA) is 101 Å². The number of rotatable bonds is 5. The Labute approximate surface area is 63.8 Å². The van der Waals surface area contributed by atoms with Gasteiger partial charge in [0.25, 0.3) is 0 Å². The Balaban J connectivity index is 3.70. The fourth-order valence-corrected chi connectivity index (χ4v) is 0.640. The maximum Gasteiger partial charge on any atom is 0.307 e. The van der Waals surface area contributed by atoms with Gasteiger partial charge in [0, 0.05) is 13.0 Å². The maximum atomic E-state index is 10.3. The molecule has 1 atom stereocenters. The van der Waals surface area contributed by atoms with E-state index in [2.05, 4.69) is 0 Å². The third kappa shape index (κ3) is 4.32. The molecular formula is C6H11NO4. The molecule has 0 heterocycles. The molecule has 0 saturated carbocycles. The molecule has 64 valence electrons. The number of carbonyl (C=O) groups is 2. The van der Waals surface area contributed by atoms with Crippen molar-refractivity contribution in [3.8, 4) is 0 Å². The van der Waals surface area contributed by atoms with E-state index in [1.807, 2.05) is 0 Å². The predicted octanol–water partition coefficient (Wildman–Crippen LogP) is -0.489. The second kappa shape index (κ2) is 4.68. The third-order valence-electron chi connectivity index (χ3n) is 1.34. The minimum Gasteiger partial charge on any atom is -0.481 e. The van der Waals surface area contributed by atoms with Crippen LogP contribution in [0.5, 0.6) is 0 Å². The smallest absolute Gasteiger partial charge is 0.307 e. The van der Waals surface area contributed by atoms with Gasteiger partial charge in [0.15, 0.2) is 0 Å². The van der Waals surface area contributed by atoms with Gasteiger partial charge in [0.1, 0.15) is 0 Å². The quantitative estimate of drug-likeness (QED) is 0.505. The molecule has 0 aromatic carbocycles. The Hall–Kier alpha value is -1.10. The standard InChI is InChI=1S/C6H11NO4/c7-3-4(6(10)11)1-2-5(8)9/h4H,1-3,7H2,(H,8,9)(H,10,11). The highest BCUT2D eigenvalue weighted by atomic mass is 16.4. The van der Waals surface area contributed by atoms with Crippen molar-refractivity contribution < 1.29 is 19.8 Å². The van der Waals surface area contributed by atoms with Crippen LogP contribution in [0.15, 0.2) is 0 Å². The van der Waals surface area contributed by atoms with E-state index in [1.165, 1.54) is 0 Å². The van der Waals surface area contributed by atoms with Gasteiger partial charge in [0.2, 0.25) is 0 Å². The van der Waals surface area contributed by atoms with Gasteiger partial charge in [-0.2, -0.15) is 0 Å². The summed E-state index contributed by atoms with van der Waals surface area (Å²) in [5.41, 5.74) is 5.09. The van der Waals surface area contributed by atoms with Crippen LogP contribution in [-0.2, 0) is 9.59 Å². The second-order valence-corrected chi connectivity index (χ2v) is 2.20. The van der Waals surface area contributed by atoms with E-state index in [4.69, 9.17) is 15.9 Å². The van der Waals surface area contributed by atoms with Crippen molar-refractivity contribution in [2.45, 2.75) is 12.8 Å². The van der Waals surface area contributed by atoms with Crippen molar-refractivity contribution in [1.29, 1.82) is 0 Å². The van der Waals surface area contributed by atoms with E-state index in [0.29, 0.717) is 0 Å². The number of nitrogens with two attached hydrogens (primary N) is 1. The highest BCUT2D eigenvalue weighted by molar-refractivity contribution is 5.72. The van der Waals surface area contributed by atoms with Gasteiger partial charge < -0.3 is 15.9 Å². The summed E-state index contributed by atoms with van der Waals surface area (Å²) >= 11 is 0. The molecule has 0 spiro atoms. The molecule has 11 heavy (non-hydrogen) atoms. The van der Waals surface area contributed by atoms with Crippen LogP contribution >= 0.6 is 0 Å². The summed E-state index contributed by atoms with van der Waals surface area (Å²) in [5.74, 6) is -2.76. The summed E-state index contributed by atoms with van der Waals surface area (Å²) in [6, 6.07) is 0. The van der Waals surface area contributed by atoms with Crippen molar-refractivity contribution in [2.24, 2.45) is 11.7 Å². The van der Waals surface area contributed by atoms with Gasteiger partial charge in [-0.05, 0) is 6.42 Å². The first kappa shape index (κ1) is 9.90. The molecule has 0 fully saturated rings. The highest BCUT2D eigenvalue weighted by Gasteiger charge is 2.15. The van der Waals surface area contributed by atoms with Crippen molar-refractivity contribution in [3.63, 3.8) is 0 Å². The monoisotopic (exact) mass is 161 g/mol. The fraction of sp³-hybridized carbons (Fsp3) is 0.667. The molecule has 0 aliphatic carbocycles. The van der Waals surface area contributed by atoms with Gasteiger partial charge in [-0.25, -0.2) is 0 Å². The Morgan fingerprint density at radius 1 is 1.36 bits per heavy atom. The summed E-state index contributed by atoms with van der Waals surface area (Å²) in [6.45, 7) is -0.0113. The average Bonchev–Trinajstić information content (AvgIpc) is 1.87. The zero-order chi connectivity index (χ0) is 8.85. The number of hydrogen-bond donors (Lipinski definition) is 3. The SMILES string of the molecule is NCC(CCC(=O)O)C(=O)O. The van der Waals surface area contributed by atoms with Crippen molar-refractivity contribution in [3.05, 3.63) is 0 Å². The number of aliphatic carboxylic acids is 2. The molecule has 0 aromatic rings. The normalized spacial score (nSPS) is 12.5. The predicted molar refractivity (Wildman–Crippen MR) is 37.0 cm³/mol. The Kier molecular flexibility index (Phi) is 4.21. The van der Waals surface area contributed by atoms with Crippen molar-refractivity contribution in [1.82, 2.24) is 0 Å². The molecule has 0 bridgehead atoms. The van der Waals surface area contributed by atoms with E-state index in [-0.39, 0.29) is 19.4 Å². The fourth-order valence-electron chi connectivity index (χ4n) is 0.640. The van der Waals surface area contributed by atoms with Gasteiger partial charge >= 0.3 is 11.9 Å². The Morgan fingerprint density at radius 3 is 2.18 bits per heavy atom. The number of hydrogen-bond acceptors (Lipinski definition) is 3. The van der Waals surface area contributed by atoms with E-state index in [0.717, 1.165) is 0 Å². The van der Waals surface area contributed by atoms with Gasteiger partial charge in [0.05, 0.1) is 5.92 Å². The minimum atomic E-state index is -1.03. The molecule has 0 aliphatic rings. The van der Waals surface area contributed by atoms with Crippen LogP contribution < -0.4 is 5.73 Å². The lowest BCUT2D eigenvalue weighted by atomic mass is 10.0. The van der Waals surface area contributed by atoms with Crippen molar-refractivity contribution in [2.75, 3.05) is 6.54 Å². The van der Waals surface area contributed by atoms with Gasteiger partial charge in [-0.1, -0.05) is 0 Å². The number of carboxylic acid groups (broad SMARTS) is 2. The third-order valence-corrected chi connectivity index (χ3v) is 1.34. The van der Waals surface area contributed by atoms with Gasteiger partial charge in [-0.15, -0.1) is 0 Å². The van der Waals surface area contributed by atoms with Gasteiger partial charge in [-0.3, -0.25) is 9.59 Å². The molecule has 0 rings (SSSR count). The lowest BCUT2D eigenvalue weighted by Gasteiger charge is -2.05. The van der Waals surface area contributed by atoms with E-state index in [1.54, 1.807) is 0 Å². The largest absolute Gasteiger partial charge is 0.481 e. The van der Waals surface area contributed by atoms with Crippen molar-refractivity contribution >= 4 is 11.9 Å². The van der Waals surface area contributed by atoms with Crippen LogP contribution in [-0.4, -0.2) is 28.7 Å². The average molecular weight is 161 g/mol. The first-order chi connectivity index (χ1) is 5.07. The molecular weight excluding hydrogens is 150 g/mol. The summed E-state index contributed by atoms with van der Waals surface area (Å²) in [4.78, 5) is 20.3. The summed E-state index contributed by atoms with van der Waals surface area (Å²) < 4.78 is 0. The van der Waals surface area contributed by atoms with Crippen LogP contribution in [0.1, 0.15) is 12.8 Å². The molecule has 0 aliphatic heterocycles. The van der Waals surface area contributed by atoms with E-state index in [9.17, 15) is 9.59 Å². The summed E-state index contributed by atoms with van der Waals surface area (Å²) in [5, 5.41) is 16.6. The molecule has 0 radical (unpaired) electrons. The lowest BCUT2D eigenvalue weighted by Crippen LogP contribution is -2.23. The Bertz CT molecular complexity index is 157. The van der Waals surface area contributed by atoms with Crippen LogP contribution in [0.2, 0.25) is 0 Å². The molecule has 5 nitrogen and oxygen atoms in total.